The average molecular weight is 249 g/mol. The minimum absolute atomic E-state index is 0.00252. The molecule has 1 aromatic carbocycles. The van der Waals surface area contributed by atoms with Crippen molar-refractivity contribution in [3.8, 4) is 0 Å². The van der Waals surface area contributed by atoms with Crippen molar-refractivity contribution in [2.75, 3.05) is 0 Å². The number of hydrogen-bond acceptors (Lipinski definition) is 2. The van der Waals surface area contributed by atoms with Gasteiger partial charge in [0.2, 0.25) is 0 Å². The lowest BCUT2D eigenvalue weighted by Gasteiger charge is -2.29. The zero-order valence-corrected chi connectivity index (χ0v) is 12.3. The predicted octanol–water partition coefficient (Wildman–Crippen LogP) is 3.61. The van der Waals surface area contributed by atoms with Crippen LogP contribution in [0.3, 0.4) is 0 Å². The molecule has 1 rings (SSSR count). The van der Waals surface area contributed by atoms with Crippen LogP contribution in [0.5, 0.6) is 0 Å². The standard InChI is InChI=1S/C16H27NO/c1-11(2)12-6-8-13(9-7-12)14(18)10-15(17)16(3,4)5/h6-9,11,14-15,18H,10,17H2,1-5H3/t14-,15+/m0/s1. The molecule has 102 valence electrons. The Morgan fingerprint density at radius 3 is 1.89 bits per heavy atom. The highest BCUT2D eigenvalue weighted by Gasteiger charge is 2.23. The fourth-order valence-corrected chi connectivity index (χ4v) is 1.83. The second kappa shape index (κ2) is 5.85. The first kappa shape index (κ1) is 15.2. The quantitative estimate of drug-likeness (QED) is 0.856. The molecular weight excluding hydrogens is 222 g/mol. The van der Waals surface area contributed by atoms with Gasteiger partial charge < -0.3 is 10.8 Å². The highest BCUT2D eigenvalue weighted by Crippen LogP contribution is 2.27. The van der Waals surface area contributed by atoms with Crippen LogP contribution in [0.25, 0.3) is 0 Å². The predicted molar refractivity (Wildman–Crippen MR) is 77.5 cm³/mol. The SMILES string of the molecule is CC(C)c1ccc([C@@H](O)C[C@@H](N)C(C)(C)C)cc1. The van der Waals surface area contributed by atoms with Crippen molar-refractivity contribution >= 4 is 0 Å². The summed E-state index contributed by atoms with van der Waals surface area (Å²) in [5.41, 5.74) is 8.39. The third-order valence-electron chi connectivity index (χ3n) is 3.58. The van der Waals surface area contributed by atoms with Crippen LogP contribution in [0.1, 0.15) is 64.2 Å². The van der Waals surface area contributed by atoms with Crippen LogP contribution >= 0.6 is 0 Å². The lowest BCUT2D eigenvalue weighted by molar-refractivity contribution is 0.133. The van der Waals surface area contributed by atoms with Gasteiger partial charge in [-0.3, -0.25) is 0 Å². The van der Waals surface area contributed by atoms with Gasteiger partial charge in [0.25, 0.3) is 0 Å². The van der Waals surface area contributed by atoms with Crippen molar-refractivity contribution in [2.45, 2.75) is 59.1 Å². The average Bonchev–Trinajstić information content (AvgIpc) is 2.27. The number of aliphatic hydroxyl groups is 1. The van der Waals surface area contributed by atoms with Crippen LogP contribution in [-0.2, 0) is 0 Å². The Labute approximate surface area is 111 Å². The zero-order chi connectivity index (χ0) is 13.9. The minimum atomic E-state index is -0.472. The van der Waals surface area contributed by atoms with Crippen LogP contribution < -0.4 is 5.73 Å². The molecular formula is C16H27NO. The van der Waals surface area contributed by atoms with Gasteiger partial charge in [-0.15, -0.1) is 0 Å². The summed E-state index contributed by atoms with van der Waals surface area (Å²) in [7, 11) is 0. The van der Waals surface area contributed by atoms with Crippen molar-refractivity contribution in [3.05, 3.63) is 35.4 Å². The van der Waals surface area contributed by atoms with Gasteiger partial charge in [-0.05, 0) is 28.9 Å². The first-order chi connectivity index (χ1) is 8.21. The van der Waals surface area contributed by atoms with Crippen LogP contribution in [0, 0.1) is 5.41 Å². The third-order valence-corrected chi connectivity index (χ3v) is 3.58. The van der Waals surface area contributed by atoms with Gasteiger partial charge in [-0.25, -0.2) is 0 Å². The maximum atomic E-state index is 10.2. The summed E-state index contributed by atoms with van der Waals surface area (Å²) in [6.45, 7) is 10.6. The summed E-state index contributed by atoms with van der Waals surface area (Å²) in [6.07, 6.45) is 0.130. The van der Waals surface area contributed by atoms with Crippen molar-refractivity contribution in [1.29, 1.82) is 0 Å². The van der Waals surface area contributed by atoms with Gasteiger partial charge in [-0.2, -0.15) is 0 Å². The first-order valence-corrected chi connectivity index (χ1v) is 6.75. The first-order valence-electron chi connectivity index (χ1n) is 6.75. The summed E-state index contributed by atoms with van der Waals surface area (Å²) in [5, 5.41) is 10.2. The molecule has 0 aliphatic heterocycles. The van der Waals surface area contributed by atoms with E-state index in [4.69, 9.17) is 5.73 Å². The van der Waals surface area contributed by atoms with Crippen molar-refractivity contribution in [2.24, 2.45) is 11.1 Å². The van der Waals surface area contributed by atoms with Gasteiger partial charge in [-0.1, -0.05) is 58.9 Å². The maximum absolute atomic E-state index is 10.2. The fraction of sp³-hybridized carbons (Fsp3) is 0.625. The summed E-state index contributed by atoms with van der Waals surface area (Å²) in [5.74, 6) is 0.521. The lowest BCUT2D eigenvalue weighted by atomic mass is 9.83. The van der Waals surface area contributed by atoms with Gasteiger partial charge in [0.1, 0.15) is 0 Å². The normalized spacial score (nSPS) is 15.8. The highest BCUT2D eigenvalue weighted by molar-refractivity contribution is 5.26. The molecule has 1 aromatic rings. The Balaban J connectivity index is 2.70. The molecule has 2 heteroatoms. The molecule has 0 spiro atoms. The summed E-state index contributed by atoms with van der Waals surface area (Å²) in [4.78, 5) is 0. The van der Waals surface area contributed by atoms with E-state index in [0.29, 0.717) is 12.3 Å². The number of nitrogens with two attached hydrogens (primary N) is 1. The molecule has 0 amide bonds. The zero-order valence-electron chi connectivity index (χ0n) is 12.3. The smallest absolute Gasteiger partial charge is 0.0805 e. The van der Waals surface area contributed by atoms with E-state index in [-0.39, 0.29) is 11.5 Å². The molecule has 0 unspecified atom stereocenters. The summed E-state index contributed by atoms with van der Waals surface area (Å²) < 4.78 is 0. The molecule has 0 radical (unpaired) electrons. The number of rotatable bonds is 4. The van der Waals surface area contributed by atoms with Crippen molar-refractivity contribution < 1.29 is 5.11 Å². The van der Waals surface area contributed by atoms with Crippen LogP contribution in [0.15, 0.2) is 24.3 Å². The lowest BCUT2D eigenvalue weighted by Crippen LogP contribution is -2.36. The van der Waals surface area contributed by atoms with E-state index in [0.717, 1.165) is 5.56 Å². The Bertz CT molecular complexity index is 362. The minimum Gasteiger partial charge on any atom is -0.388 e. The maximum Gasteiger partial charge on any atom is 0.0805 e. The molecule has 0 heterocycles. The van der Waals surface area contributed by atoms with Crippen molar-refractivity contribution in [1.82, 2.24) is 0 Å². The summed E-state index contributed by atoms with van der Waals surface area (Å²) >= 11 is 0. The van der Waals surface area contributed by atoms with E-state index in [9.17, 15) is 5.11 Å². The van der Waals surface area contributed by atoms with E-state index in [2.05, 4.69) is 46.8 Å². The molecule has 0 aliphatic carbocycles. The van der Waals surface area contributed by atoms with Crippen molar-refractivity contribution in [3.63, 3.8) is 0 Å². The van der Waals surface area contributed by atoms with E-state index in [1.807, 2.05) is 12.1 Å². The fourth-order valence-electron chi connectivity index (χ4n) is 1.83. The molecule has 2 atom stereocenters. The molecule has 2 nitrogen and oxygen atoms in total. The van der Waals surface area contributed by atoms with E-state index < -0.39 is 6.10 Å². The topological polar surface area (TPSA) is 46.2 Å². The molecule has 18 heavy (non-hydrogen) atoms. The van der Waals surface area contributed by atoms with Crippen LogP contribution in [-0.4, -0.2) is 11.1 Å². The highest BCUT2D eigenvalue weighted by atomic mass is 16.3. The Kier molecular flexibility index (Phi) is 4.94. The Morgan fingerprint density at radius 2 is 1.50 bits per heavy atom. The second-order valence-corrected chi connectivity index (χ2v) is 6.55. The molecule has 0 saturated carbocycles. The summed E-state index contributed by atoms with van der Waals surface area (Å²) in [6, 6.07) is 8.19. The second-order valence-electron chi connectivity index (χ2n) is 6.55. The van der Waals surface area contributed by atoms with Gasteiger partial charge >= 0.3 is 0 Å². The molecule has 0 aliphatic rings. The van der Waals surface area contributed by atoms with Crippen LogP contribution in [0.4, 0.5) is 0 Å². The Morgan fingerprint density at radius 1 is 1.06 bits per heavy atom. The van der Waals surface area contributed by atoms with E-state index in [1.54, 1.807) is 0 Å². The van der Waals surface area contributed by atoms with Gasteiger partial charge in [0, 0.05) is 6.04 Å². The molecule has 0 fully saturated rings. The molecule has 3 N–H and O–H groups in total. The largest absolute Gasteiger partial charge is 0.388 e. The third kappa shape index (κ3) is 4.11. The molecule has 0 aromatic heterocycles. The number of aliphatic hydroxyl groups excluding tert-OH is 1. The van der Waals surface area contributed by atoms with Gasteiger partial charge in [0.05, 0.1) is 6.10 Å². The number of hydrogen-bond donors (Lipinski definition) is 2. The monoisotopic (exact) mass is 249 g/mol. The number of benzene rings is 1. The van der Waals surface area contributed by atoms with Gasteiger partial charge in [0.15, 0.2) is 0 Å². The molecule has 0 bridgehead atoms. The molecule has 0 saturated heterocycles. The van der Waals surface area contributed by atoms with Crippen LogP contribution in [0.2, 0.25) is 0 Å². The van der Waals surface area contributed by atoms with E-state index in [1.165, 1.54) is 5.56 Å². The van der Waals surface area contributed by atoms with E-state index >= 15 is 0 Å². The Hall–Kier alpha value is -0.860.